The largest absolute Gasteiger partial charge is 0.493 e. The van der Waals surface area contributed by atoms with Gasteiger partial charge in [0.1, 0.15) is 18.2 Å². The molecule has 204 valence electrons. The number of nitrogens with one attached hydrogen (secondary N) is 3. The van der Waals surface area contributed by atoms with E-state index >= 15 is 0 Å². The van der Waals surface area contributed by atoms with Crippen LogP contribution in [0.3, 0.4) is 0 Å². The number of anilines is 1. The van der Waals surface area contributed by atoms with Gasteiger partial charge in [0.25, 0.3) is 10.6 Å². The van der Waals surface area contributed by atoms with E-state index in [1.165, 1.54) is 12.8 Å². The molecule has 2 heterocycles. The van der Waals surface area contributed by atoms with E-state index in [0.29, 0.717) is 65.9 Å². The number of hydrogen-bond acceptors (Lipinski definition) is 10. The number of unbranched alkanes of at least 4 members (excludes halogenated alkanes) is 1. The summed E-state index contributed by atoms with van der Waals surface area (Å²) in [5, 5.41) is 19.4. The number of rotatable bonds is 13. The maximum atomic E-state index is 12.6. The maximum Gasteiger partial charge on any atom is 0.294 e. The highest BCUT2D eigenvalue weighted by Gasteiger charge is 2.29. The van der Waals surface area contributed by atoms with Crippen LogP contribution in [0.4, 0.5) is 5.69 Å². The molecule has 1 aromatic carbocycles. The topological polar surface area (TPSA) is 156 Å². The van der Waals surface area contributed by atoms with Crippen LogP contribution in [0, 0.1) is 28.4 Å². The number of nitrogens with zero attached hydrogens (tertiary/aromatic N) is 3. The van der Waals surface area contributed by atoms with Gasteiger partial charge in [-0.25, -0.2) is 10.5 Å². The number of aromatic nitrogens is 2. The van der Waals surface area contributed by atoms with Crippen LogP contribution in [-0.2, 0) is 9.78 Å². The zero-order valence-corrected chi connectivity index (χ0v) is 22.3. The molecule has 0 amide bonds. The molecule has 1 aromatic heterocycles. The van der Waals surface area contributed by atoms with E-state index in [1.54, 1.807) is 30.2 Å². The molecule has 1 aliphatic heterocycles. The van der Waals surface area contributed by atoms with Crippen molar-refractivity contribution in [1.82, 2.24) is 15.0 Å². The molecule has 12 heteroatoms. The van der Waals surface area contributed by atoms with Gasteiger partial charge in [-0.2, -0.15) is 10.0 Å². The van der Waals surface area contributed by atoms with Crippen LogP contribution in [0.1, 0.15) is 64.6 Å². The molecule has 3 N–H and O–H groups in total. The van der Waals surface area contributed by atoms with Crippen molar-refractivity contribution < 1.29 is 19.6 Å². The summed E-state index contributed by atoms with van der Waals surface area (Å²) in [5.41, 5.74) is 4.75. The van der Waals surface area contributed by atoms with Crippen LogP contribution in [0.15, 0.2) is 23.0 Å². The summed E-state index contributed by atoms with van der Waals surface area (Å²) in [6.07, 6.45) is 3.94. The Labute approximate surface area is 216 Å². The third-order valence-electron chi connectivity index (χ3n) is 5.60. The highest BCUT2D eigenvalue weighted by Crippen LogP contribution is 2.31. The van der Waals surface area contributed by atoms with Gasteiger partial charge in [0.05, 0.1) is 29.3 Å². The first kappa shape index (κ1) is 29.7. The predicted octanol–water partition coefficient (Wildman–Crippen LogP) is 4.52. The number of H-pyrrole nitrogens is 1. The molecule has 37 heavy (non-hydrogen) atoms. The van der Waals surface area contributed by atoms with Crippen molar-refractivity contribution in [2.24, 2.45) is 5.92 Å². The number of ether oxygens (including phenoxy) is 1. The monoisotopic (exact) mass is 518 g/mol. The molecule has 3 rings (SSSR count). The van der Waals surface area contributed by atoms with Gasteiger partial charge in [0, 0.05) is 24.6 Å². The second-order valence-electron chi connectivity index (χ2n) is 8.69. The highest BCUT2D eigenvalue weighted by atomic mass is 16.9. The zero-order valence-electron chi connectivity index (χ0n) is 22.3. The fourth-order valence-electron chi connectivity index (χ4n) is 3.37. The van der Waals surface area contributed by atoms with Crippen molar-refractivity contribution in [2.75, 3.05) is 31.8 Å². The summed E-state index contributed by atoms with van der Waals surface area (Å²) in [6, 6.07) is 5.23. The fraction of sp³-hybridized carbons (Fsp3) is 0.560. The quantitative estimate of drug-likeness (QED) is 0.197. The molecule has 1 fully saturated rings. The third-order valence-corrected chi connectivity index (χ3v) is 5.60. The molecular formula is C25H38N6O6. The van der Waals surface area contributed by atoms with Gasteiger partial charge in [-0.05, 0) is 38.5 Å². The minimum Gasteiger partial charge on any atom is -0.493 e. The fourth-order valence-corrected chi connectivity index (χ4v) is 3.37. The summed E-state index contributed by atoms with van der Waals surface area (Å²) in [6.45, 7) is 11.3. The molecule has 0 atom stereocenters. The van der Waals surface area contributed by atoms with Crippen LogP contribution in [0.5, 0.6) is 5.75 Å². The first-order valence-corrected chi connectivity index (χ1v) is 12.6. The van der Waals surface area contributed by atoms with Crippen LogP contribution < -0.4 is 15.8 Å². The molecule has 2 aromatic rings. The van der Waals surface area contributed by atoms with Gasteiger partial charge in [-0.15, -0.1) is 10.1 Å². The molecule has 12 nitrogen and oxygen atoms in total. The number of hydrogen-bond donors (Lipinski definition) is 3. The summed E-state index contributed by atoms with van der Waals surface area (Å²) in [5.74, 6) is 0.852. The van der Waals surface area contributed by atoms with E-state index in [1.807, 2.05) is 13.8 Å². The van der Waals surface area contributed by atoms with Gasteiger partial charge < -0.3 is 20.0 Å². The van der Waals surface area contributed by atoms with E-state index in [2.05, 4.69) is 34.1 Å². The molecule has 0 bridgehead atoms. The first-order valence-electron chi connectivity index (χ1n) is 12.6. The lowest BCUT2D eigenvalue weighted by Crippen LogP contribution is -2.49. The molecule has 1 aliphatic rings. The Morgan fingerprint density at radius 3 is 2.54 bits per heavy atom. The standard InChI is InChI=1S/C21H28N6O6.C4H10/c1-4-6-17(22)19-13(3)21(28)24-20(23-19)16-9-15(7-8-18(16)31-5-2)25-33-26-10-14(11-26)12-32-27(29)30;1-3-4-2/h7-9,14,22,25H,4-6,10-12H2,1-3H3,(H,23,24,28);3-4H2,1-2H3. The summed E-state index contributed by atoms with van der Waals surface area (Å²) in [4.78, 5) is 40.1. The SMILES string of the molecule is CCCC.CCCC(=N)c1nc(-c2cc(NON3CC(CO[N+](=O)[O-])C3)ccc2OCC)[nH]c(=O)c1C. The minimum absolute atomic E-state index is 0.0202. The van der Waals surface area contributed by atoms with Crippen LogP contribution in [-0.4, -0.2) is 52.1 Å². The highest BCUT2D eigenvalue weighted by molar-refractivity contribution is 5.97. The van der Waals surface area contributed by atoms with Crippen molar-refractivity contribution in [3.05, 3.63) is 49.9 Å². The van der Waals surface area contributed by atoms with Crippen molar-refractivity contribution >= 4 is 11.4 Å². The van der Waals surface area contributed by atoms with Crippen LogP contribution >= 0.6 is 0 Å². The summed E-state index contributed by atoms with van der Waals surface area (Å²) >= 11 is 0. The molecule has 0 radical (unpaired) electrons. The van der Waals surface area contributed by atoms with Gasteiger partial charge in [0.2, 0.25) is 0 Å². The van der Waals surface area contributed by atoms with Crippen LogP contribution in [0.25, 0.3) is 11.4 Å². The smallest absolute Gasteiger partial charge is 0.294 e. The zero-order chi connectivity index (χ0) is 27.4. The molecule has 0 saturated carbocycles. The van der Waals surface area contributed by atoms with Gasteiger partial charge in [-0.3, -0.25) is 4.79 Å². The van der Waals surface area contributed by atoms with Gasteiger partial charge in [-0.1, -0.05) is 40.0 Å². The second kappa shape index (κ2) is 14.9. The Hall–Kier alpha value is -3.51. The Kier molecular flexibility index (Phi) is 12.0. The number of hydroxylamine groups is 2. The Bertz CT molecular complexity index is 1100. The average molecular weight is 519 g/mol. The van der Waals surface area contributed by atoms with Crippen molar-refractivity contribution in [3.63, 3.8) is 0 Å². The molecule has 0 unspecified atom stereocenters. The maximum absolute atomic E-state index is 12.6. The van der Waals surface area contributed by atoms with E-state index in [9.17, 15) is 14.9 Å². The number of aromatic amines is 1. The van der Waals surface area contributed by atoms with E-state index in [0.717, 1.165) is 6.42 Å². The van der Waals surface area contributed by atoms with E-state index < -0.39 is 5.09 Å². The minimum atomic E-state index is -0.804. The second-order valence-corrected chi connectivity index (χ2v) is 8.69. The molecule has 1 saturated heterocycles. The van der Waals surface area contributed by atoms with E-state index in [4.69, 9.17) is 15.1 Å². The average Bonchev–Trinajstić information content (AvgIpc) is 2.85. The lowest BCUT2D eigenvalue weighted by molar-refractivity contribution is -0.760. The molecule has 0 spiro atoms. The lowest BCUT2D eigenvalue weighted by Gasteiger charge is -2.36. The van der Waals surface area contributed by atoms with Crippen LogP contribution in [0.2, 0.25) is 0 Å². The molecule has 0 aliphatic carbocycles. The normalized spacial score (nSPS) is 13.2. The Morgan fingerprint density at radius 1 is 1.24 bits per heavy atom. The molecular weight excluding hydrogens is 480 g/mol. The third kappa shape index (κ3) is 8.83. The predicted molar refractivity (Wildman–Crippen MR) is 141 cm³/mol. The first-order chi connectivity index (χ1) is 17.7. The summed E-state index contributed by atoms with van der Waals surface area (Å²) in [7, 11) is 0. The van der Waals surface area contributed by atoms with E-state index in [-0.39, 0.29) is 18.1 Å². The Balaban J connectivity index is 0.00000112. The van der Waals surface area contributed by atoms with Crippen molar-refractivity contribution in [3.8, 4) is 17.1 Å². The van der Waals surface area contributed by atoms with Crippen molar-refractivity contribution in [2.45, 2.75) is 60.3 Å². The Morgan fingerprint density at radius 2 is 1.95 bits per heavy atom. The van der Waals surface area contributed by atoms with Gasteiger partial charge in [0.15, 0.2) is 0 Å². The number of benzene rings is 1. The van der Waals surface area contributed by atoms with Crippen molar-refractivity contribution in [1.29, 1.82) is 5.41 Å². The van der Waals surface area contributed by atoms with Gasteiger partial charge >= 0.3 is 0 Å². The lowest BCUT2D eigenvalue weighted by atomic mass is 10.1. The summed E-state index contributed by atoms with van der Waals surface area (Å²) < 4.78 is 5.72.